The first-order valence-electron chi connectivity index (χ1n) is 9.86. The van der Waals surface area contributed by atoms with Gasteiger partial charge in [-0.05, 0) is 36.4 Å². The van der Waals surface area contributed by atoms with Crippen LogP contribution >= 0.6 is 15.9 Å². The van der Waals surface area contributed by atoms with Gasteiger partial charge in [0.25, 0.3) is 0 Å². The van der Waals surface area contributed by atoms with Crippen LogP contribution in [0, 0.1) is 0 Å². The average molecular weight is 472 g/mol. The SMILES string of the molecule is CC(=O)N1N=C(c2ccc(Br)cc2)O[C@H]1c1cc(-c2ccccc2)nc2ccccc12. The summed E-state index contributed by atoms with van der Waals surface area (Å²) in [5.41, 5.74) is 4.30. The van der Waals surface area contributed by atoms with Crippen LogP contribution in [0.15, 0.2) is 94.5 Å². The molecule has 2 heterocycles. The molecule has 0 radical (unpaired) electrons. The Kier molecular flexibility index (Phi) is 5.00. The number of aromatic nitrogens is 1. The third kappa shape index (κ3) is 3.70. The minimum atomic E-state index is -0.675. The highest BCUT2D eigenvalue weighted by molar-refractivity contribution is 9.10. The number of hydrogen-bond donors (Lipinski definition) is 0. The fraction of sp³-hybridized carbons (Fsp3) is 0.0800. The molecule has 152 valence electrons. The monoisotopic (exact) mass is 471 g/mol. The van der Waals surface area contributed by atoms with Gasteiger partial charge in [0.2, 0.25) is 18.0 Å². The van der Waals surface area contributed by atoms with E-state index >= 15 is 0 Å². The van der Waals surface area contributed by atoms with Crippen molar-refractivity contribution in [3.63, 3.8) is 0 Å². The Balaban J connectivity index is 1.64. The number of rotatable bonds is 3. The molecule has 5 nitrogen and oxygen atoms in total. The van der Waals surface area contributed by atoms with E-state index in [1.807, 2.05) is 84.9 Å². The zero-order valence-electron chi connectivity index (χ0n) is 16.7. The van der Waals surface area contributed by atoms with Crippen LogP contribution < -0.4 is 0 Å². The molecule has 1 aromatic heterocycles. The summed E-state index contributed by atoms with van der Waals surface area (Å²) in [5.74, 6) is 0.217. The molecule has 31 heavy (non-hydrogen) atoms. The second kappa shape index (κ2) is 7.96. The molecule has 0 fully saturated rings. The van der Waals surface area contributed by atoms with Gasteiger partial charge < -0.3 is 4.74 Å². The van der Waals surface area contributed by atoms with Crippen molar-refractivity contribution in [2.24, 2.45) is 5.10 Å². The van der Waals surface area contributed by atoms with E-state index in [1.165, 1.54) is 11.9 Å². The lowest BCUT2D eigenvalue weighted by molar-refractivity contribution is -0.135. The van der Waals surface area contributed by atoms with Crippen LogP contribution in [-0.4, -0.2) is 21.8 Å². The second-order valence-electron chi connectivity index (χ2n) is 7.23. The lowest BCUT2D eigenvalue weighted by Crippen LogP contribution is -2.25. The van der Waals surface area contributed by atoms with Gasteiger partial charge in [-0.2, -0.15) is 5.01 Å². The van der Waals surface area contributed by atoms with E-state index in [1.54, 1.807) is 0 Å². The maximum atomic E-state index is 12.5. The van der Waals surface area contributed by atoms with Crippen molar-refractivity contribution in [2.75, 3.05) is 0 Å². The number of pyridine rings is 1. The summed E-state index contributed by atoms with van der Waals surface area (Å²) in [7, 11) is 0. The molecule has 3 aromatic carbocycles. The highest BCUT2D eigenvalue weighted by atomic mass is 79.9. The first kappa shape index (κ1) is 19.5. The van der Waals surface area contributed by atoms with E-state index < -0.39 is 6.23 Å². The van der Waals surface area contributed by atoms with E-state index in [0.29, 0.717) is 5.90 Å². The zero-order chi connectivity index (χ0) is 21.4. The van der Waals surface area contributed by atoms with Gasteiger partial charge in [-0.3, -0.25) is 4.79 Å². The lowest BCUT2D eigenvalue weighted by Gasteiger charge is -2.21. The van der Waals surface area contributed by atoms with Gasteiger partial charge in [0.05, 0.1) is 11.2 Å². The summed E-state index contributed by atoms with van der Waals surface area (Å²) < 4.78 is 7.22. The fourth-order valence-electron chi connectivity index (χ4n) is 3.64. The molecule has 0 spiro atoms. The Hall–Kier alpha value is -3.51. The molecule has 1 amide bonds. The molecule has 0 saturated carbocycles. The number of hydrogen-bond acceptors (Lipinski definition) is 4. The summed E-state index contributed by atoms with van der Waals surface area (Å²) in [5, 5.41) is 6.82. The molecule has 1 aliphatic heterocycles. The van der Waals surface area contributed by atoms with Gasteiger partial charge in [0.15, 0.2) is 0 Å². The standard InChI is InChI=1S/C25H18BrN3O2/c1-16(30)29-25(31-24(28-29)18-11-13-19(26)14-12-18)21-15-23(17-7-3-2-4-8-17)27-22-10-6-5-9-20(21)22/h2-15,25H,1H3/t25-/m0/s1. The number of ether oxygens (including phenoxy) is 1. The van der Waals surface area contributed by atoms with E-state index in [9.17, 15) is 4.79 Å². The second-order valence-corrected chi connectivity index (χ2v) is 8.14. The Morgan fingerprint density at radius 2 is 1.65 bits per heavy atom. The van der Waals surface area contributed by atoms with Crippen LogP contribution in [0.5, 0.6) is 0 Å². The van der Waals surface area contributed by atoms with Crippen LogP contribution in [0.4, 0.5) is 0 Å². The summed E-state index contributed by atoms with van der Waals surface area (Å²) >= 11 is 3.44. The highest BCUT2D eigenvalue weighted by Crippen LogP contribution is 2.36. The first-order valence-corrected chi connectivity index (χ1v) is 10.7. The van der Waals surface area contributed by atoms with Crippen molar-refractivity contribution >= 4 is 38.6 Å². The first-order chi connectivity index (χ1) is 15.1. The molecular formula is C25H18BrN3O2. The fourth-order valence-corrected chi connectivity index (χ4v) is 3.91. The molecule has 0 N–H and O–H groups in total. The lowest BCUT2D eigenvalue weighted by atomic mass is 10.0. The Labute approximate surface area is 188 Å². The van der Waals surface area contributed by atoms with Crippen LogP contribution in [0.25, 0.3) is 22.2 Å². The molecule has 6 heteroatoms. The molecular weight excluding hydrogens is 454 g/mol. The molecule has 0 saturated heterocycles. The minimum absolute atomic E-state index is 0.195. The molecule has 0 unspecified atom stereocenters. The number of carbonyl (C=O) groups excluding carboxylic acids is 1. The van der Waals surface area contributed by atoms with Gasteiger partial charge in [0.1, 0.15) is 0 Å². The number of halogens is 1. The molecule has 5 rings (SSSR count). The van der Waals surface area contributed by atoms with Crippen LogP contribution in [0.3, 0.4) is 0 Å². The number of carbonyl (C=O) groups is 1. The normalized spacial score (nSPS) is 15.6. The van der Waals surface area contributed by atoms with Crippen LogP contribution in [0.1, 0.15) is 24.3 Å². The van der Waals surface area contributed by atoms with Gasteiger partial charge in [-0.1, -0.05) is 64.5 Å². The minimum Gasteiger partial charge on any atom is -0.446 e. The van der Waals surface area contributed by atoms with Crippen molar-refractivity contribution in [3.8, 4) is 11.3 Å². The van der Waals surface area contributed by atoms with Crippen LogP contribution in [-0.2, 0) is 9.53 Å². The number of para-hydroxylation sites is 1. The van der Waals surface area contributed by atoms with Crippen molar-refractivity contribution < 1.29 is 9.53 Å². The summed E-state index contributed by atoms with van der Waals surface area (Å²) in [6.45, 7) is 1.49. The quantitative estimate of drug-likeness (QED) is 0.373. The van der Waals surface area contributed by atoms with Gasteiger partial charge in [-0.15, -0.1) is 5.10 Å². The van der Waals surface area contributed by atoms with Crippen molar-refractivity contribution in [2.45, 2.75) is 13.2 Å². The van der Waals surface area contributed by atoms with Crippen molar-refractivity contribution in [3.05, 3.63) is 101 Å². The summed E-state index contributed by atoms with van der Waals surface area (Å²) in [6, 6.07) is 27.5. The predicted octanol–water partition coefficient (Wildman–Crippen LogP) is 5.90. The average Bonchev–Trinajstić information content (AvgIpc) is 3.25. The number of nitrogens with zero attached hydrogens (tertiary/aromatic N) is 3. The van der Waals surface area contributed by atoms with Gasteiger partial charge in [0, 0.05) is 33.5 Å². The maximum Gasteiger partial charge on any atom is 0.243 e. The maximum absolute atomic E-state index is 12.5. The smallest absolute Gasteiger partial charge is 0.243 e. The predicted molar refractivity (Wildman–Crippen MR) is 124 cm³/mol. The number of amides is 1. The highest BCUT2D eigenvalue weighted by Gasteiger charge is 2.34. The molecule has 1 aliphatic rings. The summed E-state index contributed by atoms with van der Waals surface area (Å²) in [4.78, 5) is 17.3. The Morgan fingerprint density at radius 1 is 0.935 bits per heavy atom. The van der Waals surface area contributed by atoms with Gasteiger partial charge in [-0.25, -0.2) is 4.98 Å². The Morgan fingerprint density at radius 3 is 2.39 bits per heavy atom. The largest absolute Gasteiger partial charge is 0.446 e. The third-order valence-electron chi connectivity index (χ3n) is 5.14. The molecule has 1 atom stereocenters. The topological polar surface area (TPSA) is 54.8 Å². The summed E-state index contributed by atoms with van der Waals surface area (Å²) in [6.07, 6.45) is -0.675. The number of fused-ring (bicyclic) bond motifs is 1. The van der Waals surface area contributed by atoms with Gasteiger partial charge >= 0.3 is 0 Å². The van der Waals surface area contributed by atoms with E-state index in [-0.39, 0.29) is 5.91 Å². The Bertz CT molecular complexity index is 1300. The number of benzene rings is 3. The molecule has 0 aliphatic carbocycles. The van der Waals surface area contributed by atoms with E-state index in [2.05, 4.69) is 21.0 Å². The van der Waals surface area contributed by atoms with Crippen molar-refractivity contribution in [1.29, 1.82) is 0 Å². The van der Waals surface area contributed by atoms with E-state index in [4.69, 9.17) is 9.72 Å². The van der Waals surface area contributed by atoms with Crippen molar-refractivity contribution in [1.82, 2.24) is 9.99 Å². The third-order valence-corrected chi connectivity index (χ3v) is 5.67. The van der Waals surface area contributed by atoms with E-state index in [0.717, 1.165) is 37.8 Å². The number of hydrazone groups is 1. The molecule has 4 aromatic rings. The zero-order valence-corrected chi connectivity index (χ0v) is 18.3. The van der Waals surface area contributed by atoms with Crippen LogP contribution in [0.2, 0.25) is 0 Å². The molecule has 0 bridgehead atoms.